The van der Waals surface area contributed by atoms with Gasteiger partial charge in [0, 0.05) is 12.2 Å². The molecule has 4 nitrogen and oxygen atoms in total. The monoisotopic (exact) mass is 422 g/mol. The smallest absolute Gasteiger partial charge is 0.331 e. The summed E-state index contributed by atoms with van der Waals surface area (Å²) in [6, 6.07) is 0. The van der Waals surface area contributed by atoms with Gasteiger partial charge >= 0.3 is 11.9 Å². The van der Waals surface area contributed by atoms with E-state index < -0.39 is 11.9 Å². The number of ether oxygens (including phenoxy) is 2. The van der Waals surface area contributed by atoms with Gasteiger partial charge < -0.3 is 9.47 Å². The van der Waals surface area contributed by atoms with Gasteiger partial charge in [-0.2, -0.15) is 0 Å². The topological polar surface area (TPSA) is 52.6 Å². The molecule has 1 fully saturated rings. The summed E-state index contributed by atoms with van der Waals surface area (Å²) in [7, 11) is 0. The predicted octanol–water partition coefficient (Wildman–Crippen LogP) is 7.15. The van der Waals surface area contributed by atoms with Crippen LogP contribution >= 0.6 is 0 Å². The second-order valence-corrected chi connectivity index (χ2v) is 9.96. The van der Waals surface area contributed by atoms with Gasteiger partial charge in [-0.15, -0.1) is 0 Å². The molecule has 0 aliphatic heterocycles. The zero-order chi connectivity index (χ0) is 22.2. The van der Waals surface area contributed by atoms with Crippen LogP contribution in [0.25, 0.3) is 0 Å². The van der Waals surface area contributed by atoms with Crippen molar-refractivity contribution in [2.75, 3.05) is 6.61 Å². The van der Waals surface area contributed by atoms with E-state index >= 15 is 0 Å². The van der Waals surface area contributed by atoms with E-state index in [4.69, 9.17) is 9.47 Å². The molecule has 0 saturated heterocycles. The van der Waals surface area contributed by atoms with E-state index in [1.807, 2.05) is 0 Å². The van der Waals surface area contributed by atoms with Gasteiger partial charge in [0.1, 0.15) is 6.10 Å². The SMILES string of the molecule is CCCCCCCCCCCCOC(=O)/C=C/C(=O)OC1CCC(C(C)(C)C)CC1. The van der Waals surface area contributed by atoms with Gasteiger partial charge in [0.25, 0.3) is 0 Å². The molecule has 4 heteroatoms. The van der Waals surface area contributed by atoms with Gasteiger partial charge in [0.2, 0.25) is 0 Å². The van der Waals surface area contributed by atoms with E-state index in [1.165, 1.54) is 63.5 Å². The highest BCUT2D eigenvalue weighted by atomic mass is 16.5. The number of hydrogen-bond donors (Lipinski definition) is 0. The largest absolute Gasteiger partial charge is 0.463 e. The Kier molecular flexibility index (Phi) is 13.8. The van der Waals surface area contributed by atoms with E-state index in [0.717, 1.165) is 38.5 Å². The van der Waals surface area contributed by atoms with Gasteiger partial charge in [0.15, 0.2) is 0 Å². The van der Waals surface area contributed by atoms with Crippen molar-refractivity contribution in [2.24, 2.45) is 11.3 Å². The Bertz CT molecular complexity index is 496. The third-order valence-electron chi connectivity index (χ3n) is 6.28. The molecule has 0 aromatic heterocycles. The lowest BCUT2D eigenvalue weighted by Gasteiger charge is -2.36. The molecule has 0 spiro atoms. The summed E-state index contributed by atoms with van der Waals surface area (Å²) in [5.74, 6) is -0.215. The Morgan fingerprint density at radius 3 is 1.80 bits per heavy atom. The molecular formula is C26H46O4. The minimum Gasteiger partial charge on any atom is -0.463 e. The first-order valence-corrected chi connectivity index (χ1v) is 12.4. The average molecular weight is 423 g/mol. The van der Waals surface area contributed by atoms with E-state index in [0.29, 0.717) is 17.9 Å². The van der Waals surface area contributed by atoms with Crippen molar-refractivity contribution in [2.45, 2.75) is 124 Å². The Hall–Kier alpha value is -1.32. The molecule has 0 heterocycles. The third-order valence-corrected chi connectivity index (χ3v) is 6.28. The van der Waals surface area contributed by atoms with Crippen LogP contribution in [0.4, 0.5) is 0 Å². The van der Waals surface area contributed by atoms with Gasteiger partial charge in [-0.1, -0.05) is 85.5 Å². The Morgan fingerprint density at radius 2 is 1.27 bits per heavy atom. The third kappa shape index (κ3) is 13.1. The maximum atomic E-state index is 11.9. The quantitative estimate of drug-likeness (QED) is 0.169. The van der Waals surface area contributed by atoms with E-state index in [-0.39, 0.29) is 6.10 Å². The van der Waals surface area contributed by atoms with Crippen LogP contribution in [0.2, 0.25) is 0 Å². The highest BCUT2D eigenvalue weighted by Crippen LogP contribution is 2.38. The maximum absolute atomic E-state index is 11.9. The highest BCUT2D eigenvalue weighted by molar-refractivity contribution is 5.91. The van der Waals surface area contributed by atoms with E-state index in [2.05, 4.69) is 27.7 Å². The molecule has 0 aromatic carbocycles. The second kappa shape index (κ2) is 15.5. The van der Waals surface area contributed by atoms with Gasteiger partial charge in [0.05, 0.1) is 6.61 Å². The summed E-state index contributed by atoms with van der Waals surface area (Å²) < 4.78 is 10.7. The number of esters is 2. The number of rotatable bonds is 14. The van der Waals surface area contributed by atoms with Crippen molar-refractivity contribution in [1.29, 1.82) is 0 Å². The first kappa shape index (κ1) is 26.7. The molecule has 0 radical (unpaired) electrons. The summed E-state index contributed by atoms with van der Waals surface area (Å²) in [6.45, 7) is 9.48. The molecule has 1 aliphatic rings. The van der Waals surface area contributed by atoms with Crippen molar-refractivity contribution < 1.29 is 19.1 Å². The summed E-state index contributed by atoms with van der Waals surface area (Å²) in [6.07, 6.45) is 18.8. The van der Waals surface area contributed by atoms with Crippen molar-refractivity contribution in [3.8, 4) is 0 Å². The lowest BCUT2D eigenvalue weighted by molar-refractivity contribution is -0.146. The van der Waals surface area contributed by atoms with E-state index in [1.54, 1.807) is 0 Å². The van der Waals surface area contributed by atoms with Crippen LogP contribution in [0.15, 0.2) is 12.2 Å². The summed E-state index contributed by atoms with van der Waals surface area (Å²) >= 11 is 0. The standard InChI is InChI=1S/C26H46O4/c1-5-6-7-8-9-10-11-12-13-14-21-29-24(27)19-20-25(28)30-23-17-15-22(16-18-23)26(2,3)4/h19-20,22-23H,5-18,21H2,1-4H3/b20-19+. The summed E-state index contributed by atoms with van der Waals surface area (Å²) in [4.78, 5) is 23.7. The Balaban J connectivity index is 2.02. The molecule has 174 valence electrons. The molecule has 0 unspecified atom stereocenters. The van der Waals surface area contributed by atoms with Crippen LogP contribution in [-0.4, -0.2) is 24.6 Å². The Morgan fingerprint density at radius 1 is 0.767 bits per heavy atom. The second-order valence-electron chi connectivity index (χ2n) is 9.96. The number of carbonyl (C=O) groups excluding carboxylic acids is 2. The molecule has 0 amide bonds. The van der Waals surface area contributed by atoms with Crippen LogP contribution in [0, 0.1) is 11.3 Å². The lowest BCUT2D eigenvalue weighted by atomic mass is 9.72. The number of carbonyl (C=O) groups is 2. The fourth-order valence-electron chi connectivity index (χ4n) is 4.20. The van der Waals surface area contributed by atoms with Crippen LogP contribution in [-0.2, 0) is 19.1 Å². The zero-order valence-electron chi connectivity index (χ0n) is 20.0. The van der Waals surface area contributed by atoms with Crippen LogP contribution in [0.5, 0.6) is 0 Å². The summed E-state index contributed by atoms with van der Waals surface area (Å²) in [5.41, 5.74) is 0.312. The van der Waals surface area contributed by atoms with Gasteiger partial charge in [-0.25, -0.2) is 9.59 Å². The van der Waals surface area contributed by atoms with Crippen molar-refractivity contribution in [3.05, 3.63) is 12.2 Å². The molecule has 0 aromatic rings. The van der Waals surface area contributed by atoms with Crippen LogP contribution in [0.1, 0.15) is 118 Å². The summed E-state index contributed by atoms with van der Waals surface area (Å²) in [5, 5.41) is 0. The molecule has 1 aliphatic carbocycles. The first-order chi connectivity index (χ1) is 14.3. The molecule has 0 bridgehead atoms. The highest BCUT2D eigenvalue weighted by Gasteiger charge is 2.30. The molecule has 0 atom stereocenters. The minimum atomic E-state index is -0.459. The van der Waals surface area contributed by atoms with Gasteiger partial charge in [-0.05, 0) is 43.4 Å². The van der Waals surface area contributed by atoms with Gasteiger partial charge in [-0.3, -0.25) is 0 Å². The average Bonchev–Trinajstić information content (AvgIpc) is 2.70. The molecular weight excluding hydrogens is 376 g/mol. The molecule has 1 saturated carbocycles. The Labute approximate surface area is 185 Å². The predicted molar refractivity (Wildman–Crippen MR) is 123 cm³/mol. The first-order valence-electron chi connectivity index (χ1n) is 12.4. The molecule has 1 rings (SSSR count). The number of hydrogen-bond acceptors (Lipinski definition) is 4. The van der Waals surface area contributed by atoms with Crippen molar-refractivity contribution in [3.63, 3.8) is 0 Å². The normalized spacial score (nSPS) is 19.7. The number of unbranched alkanes of at least 4 members (excludes halogenated alkanes) is 9. The fourth-order valence-corrected chi connectivity index (χ4v) is 4.20. The lowest BCUT2D eigenvalue weighted by Crippen LogP contribution is -2.30. The van der Waals surface area contributed by atoms with Crippen LogP contribution < -0.4 is 0 Å². The van der Waals surface area contributed by atoms with Crippen molar-refractivity contribution >= 4 is 11.9 Å². The van der Waals surface area contributed by atoms with Crippen molar-refractivity contribution in [1.82, 2.24) is 0 Å². The fraction of sp³-hybridized carbons (Fsp3) is 0.846. The molecule has 30 heavy (non-hydrogen) atoms. The van der Waals surface area contributed by atoms with Crippen LogP contribution in [0.3, 0.4) is 0 Å². The van der Waals surface area contributed by atoms with E-state index in [9.17, 15) is 9.59 Å². The zero-order valence-corrected chi connectivity index (χ0v) is 20.0. The minimum absolute atomic E-state index is 0.0246. The maximum Gasteiger partial charge on any atom is 0.331 e. The molecule has 0 N–H and O–H groups in total.